The van der Waals surface area contributed by atoms with Crippen LogP contribution < -0.4 is 5.69 Å². The van der Waals surface area contributed by atoms with E-state index in [2.05, 4.69) is 9.88 Å². The number of imidazole rings is 1. The van der Waals surface area contributed by atoms with Gasteiger partial charge in [-0.2, -0.15) is 0 Å². The molecule has 3 heterocycles. The number of nitrogens with one attached hydrogen (secondary N) is 1. The highest BCUT2D eigenvalue weighted by molar-refractivity contribution is 5.75. The molecule has 2 aromatic rings. The summed E-state index contributed by atoms with van der Waals surface area (Å²) in [5.74, 6) is 2.02. The smallest absolute Gasteiger partial charge is 0.306 e. The van der Waals surface area contributed by atoms with E-state index < -0.39 is 0 Å². The number of rotatable bonds is 3. The van der Waals surface area contributed by atoms with Crippen LogP contribution in [0.25, 0.3) is 11.0 Å². The average Bonchev–Trinajstić information content (AvgIpc) is 3.03. The Morgan fingerprint density at radius 2 is 1.85 bits per heavy atom. The van der Waals surface area contributed by atoms with Crippen molar-refractivity contribution >= 4 is 17.0 Å². The zero-order chi connectivity index (χ0) is 18.1. The van der Waals surface area contributed by atoms with Gasteiger partial charge in [0, 0.05) is 38.1 Å². The Kier molecular flexibility index (Phi) is 4.68. The molecule has 0 radical (unpaired) electrons. The summed E-state index contributed by atoms with van der Waals surface area (Å²) in [4.78, 5) is 34.2. The zero-order valence-corrected chi connectivity index (χ0v) is 15.0. The second kappa shape index (κ2) is 7.11. The van der Waals surface area contributed by atoms with Crippen LogP contribution >= 0.6 is 0 Å². The molecule has 26 heavy (non-hydrogen) atoms. The maximum Gasteiger partial charge on any atom is 0.326 e. The molecule has 2 fully saturated rings. The van der Waals surface area contributed by atoms with Crippen LogP contribution in [-0.4, -0.2) is 58.2 Å². The molecule has 7 nitrogen and oxygen atoms in total. The molecule has 0 amide bonds. The standard InChI is InChI=1S/C19H24N4O3/c1-26-22-11-8-15(12-16(22)13-24)21-9-6-14(7-10-21)23-18-5-3-2-4-17(18)20-19(23)25/h2-5,14-15H,6-12H2,1H3,(H,20,25). The van der Waals surface area contributed by atoms with E-state index in [9.17, 15) is 9.59 Å². The van der Waals surface area contributed by atoms with Crippen molar-refractivity contribution in [2.24, 2.45) is 0 Å². The van der Waals surface area contributed by atoms with Crippen LogP contribution in [0.5, 0.6) is 0 Å². The van der Waals surface area contributed by atoms with Gasteiger partial charge in [0.05, 0.1) is 18.1 Å². The Labute approximate surface area is 151 Å². The lowest BCUT2D eigenvalue weighted by Gasteiger charge is -2.41. The topological polar surface area (TPSA) is 70.6 Å². The summed E-state index contributed by atoms with van der Waals surface area (Å²) in [5.41, 5.74) is 2.45. The van der Waals surface area contributed by atoms with E-state index in [1.54, 1.807) is 12.2 Å². The van der Waals surface area contributed by atoms with E-state index in [0.717, 1.165) is 43.4 Å². The molecule has 0 saturated carbocycles. The average molecular weight is 356 g/mol. The fourth-order valence-electron chi connectivity index (χ4n) is 4.38. The summed E-state index contributed by atoms with van der Waals surface area (Å²) in [5, 5.41) is 1.64. The van der Waals surface area contributed by atoms with Crippen molar-refractivity contribution in [3.05, 3.63) is 40.4 Å². The molecular formula is C19H24N4O3. The summed E-state index contributed by atoms with van der Waals surface area (Å²) in [6.45, 7) is 2.58. The van der Waals surface area contributed by atoms with Gasteiger partial charge in [-0.25, -0.2) is 14.7 Å². The number of likely N-dealkylation sites (tertiary alicyclic amines) is 1. The van der Waals surface area contributed by atoms with Gasteiger partial charge >= 0.3 is 5.69 Å². The number of hydroxylamine groups is 2. The third-order valence-electron chi connectivity index (χ3n) is 5.74. The molecule has 2 aliphatic rings. The quantitative estimate of drug-likeness (QED) is 0.848. The van der Waals surface area contributed by atoms with Crippen molar-refractivity contribution in [1.82, 2.24) is 19.5 Å². The predicted molar refractivity (Wildman–Crippen MR) is 98.3 cm³/mol. The van der Waals surface area contributed by atoms with E-state index in [0.29, 0.717) is 24.7 Å². The van der Waals surface area contributed by atoms with Gasteiger partial charge in [0.25, 0.3) is 0 Å². The Balaban J connectivity index is 1.45. The molecule has 0 aliphatic carbocycles. The first-order valence-electron chi connectivity index (χ1n) is 9.20. The van der Waals surface area contributed by atoms with Crippen molar-refractivity contribution < 1.29 is 9.63 Å². The van der Waals surface area contributed by atoms with Crippen molar-refractivity contribution in [2.45, 2.75) is 37.8 Å². The third kappa shape index (κ3) is 2.98. The number of para-hydroxylation sites is 2. The van der Waals surface area contributed by atoms with Crippen LogP contribution in [0.2, 0.25) is 0 Å². The molecule has 0 spiro atoms. The minimum atomic E-state index is -0.0239. The number of hydrogen-bond donors (Lipinski definition) is 1. The SMILES string of the molecule is CON1CCC(N2CCC(n3c(=O)[nH]c4ccccc43)CC2)CC1=C=O. The molecular weight excluding hydrogens is 332 g/mol. The highest BCUT2D eigenvalue weighted by Crippen LogP contribution is 2.30. The molecule has 2 saturated heterocycles. The Morgan fingerprint density at radius 1 is 1.12 bits per heavy atom. The van der Waals surface area contributed by atoms with Crippen molar-refractivity contribution in [1.29, 1.82) is 0 Å². The summed E-state index contributed by atoms with van der Waals surface area (Å²) >= 11 is 0. The lowest BCUT2D eigenvalue weighted by atomic mass is 9.97. The molecule has 1 unspecified atom stereocenters. The molecule has 4 rings (SSSR count). The molecule has 1 atom stereocenters. The second-order valence-electron chi connectivity index (χ2n) is 7.06. The lowest BCUT2D eigenvalue weighted by molar-refractivity contribution is -0.119. The van der Waals surface area contributed by atoms with E-state index in [1.165, 1.54) is 0 Å². The fourth-order valence-corrected chi connectivity index (χ4v) is 4.38. The van der Waals surface area contributed by atoms with Crippen LogP contribution in [0, 0.1) is 0 Å². The number of fused-ring (bicyclic) bond motifs is 1. The van der Waals surface area contributed by atoms with Gasteiger partial charge in [-0.15, -0.1) is 0 Å². The van der Waals surface area contributed by atoms with Crippen molar-refractivity contribution in [2.75, 3.05) is 26.7 Å². The number of H-pyrrole nitrogens is 1. The second-order valence-corrected chi connectivity index (χ2v) is 7.06. The van der Waals surface area contributed by atoms with E-state index in [4.69, 9.17) is 4.84 Å². The minimum absolute atomic E-state index is 0.0239. The van der Waals surface area contributed by atoms with Crippen LogP contribution in [0.4, 0.5) is 0 Å². The maximum absolute atomic E-state index is 12.4. The van der Waals surface area contributed by atoms with Gasteiger partial charge in [-0.1, -0.05) is 12.1 Å². The molecule has 1 N–H and O–H groups in total. The first-order valence-corrected chi connectivity index (χ1v) is 9.20. The Hall–Kier alpha value is -2.34. The number of aromatic nitrogens is 2. The number of piperidine rings is 2. The first-order chi connectivity index (χ1) is 12.7. The van der Waals surface area contributed by atoms with E-state index in [-0.39, 0.29) is 11.7 Å². The number of aromatic amines is 1. The summed E-state index contributed by atoms with van der Waals surface area (Å²) in [6, 6.07) is 8.42. The highest BCUT2D eigenvalue weighted by atomic mass is 16.7. The molecule has 1 aromatic heterocycles. The number of hydrogen-bond acceptors (Lipinski definition) is 5. The third-order valence-corrected chi connectivity index (χ3v) is 5.74. The number of nitrogens with zero attached hydrogens (tertiary/aromatic N) is 3. The van der Waals surface area contributed by atoms with Crippen LogP contribution in [0.3, 0.4) is 0 Å². The lowest BCUT2D eigenvalue weighted by Crippen LogP contribution is -2.47. The van der Waals surface area contributed by atoms with Gasteiger partial charge in [0.1, 0.15) is 11.6 Å². The number of carbonyl (C=O) groups excluding carboxylic acids is 1. The molecule has 1 aromatic carbocycles. The molecule has 7 heteroatoms. The molecule has 2 aliphatic heterocycles. The van der Waals surface area contributed by atoms with Gasteiger partial charge in [-0.05, 0) is 31.4 Å². The number of benzene rings is 1. The van der Waals surface area contributed by atoms with Crippen molar-refractivity contribution in [3.63, 3.8) is 0 Å². The van der Waals surface area contributed by atoms with Gasteiger partial charge < -0.3 is 4.98 Å². The van der Waals surface area contributed by atoms with Crippen molar-refractivity contribution in [3.8, 4) is 0 Å². The summed E-state index contributed by atoms with van der Waals surface area (Å²) in [7, 11) is 1.59. The highest BCUT2D eigenvalue weighted by Gasteiger charge is 2.32. The molecule has 138 valence electrons. The van der Waals surface area contributed by atoms with Gasteiger partial charge in [0.15, 0.2) is 0 Å². The molecule has 0 bridgehead atoms. The first kappa shape index (κ1) is 17.1. The van der Waals surface area contributed by atoms with Crippen LogP contribution in [0.15, 0.2) is 34.8 Å². The van der Waals surface area contributed by atoms with Crippen LogP contribution in [-0.2, 0) is 9.63 Å². The fraction of sp³-hybridized carbons (Fsp3) is 0.526. The summed E-state index contributed by atoms with van der Waals surface area (Å²) < 4.78 is 1.91. The van der Waals surface area contributed by atoms with Gasteiger partial charge in [-0.3, -0.25) is 14.3 Å². The monoisotopic (exact) mass is 356 g/mol. The van der Waals surface area contributed by atoms with E-state index in [1.807, 2.05) is 34.8 Å². The minimum Gasteiger partial charge on any atom is -0.306 e. The summed E-state index contributed by atoms with van der Waals surface area (Å²) in [6.07, 6.45) is 3.52. The van der Waals surface area contributed by atoms with E-state index >= 15 is 0 Å². The van der Waals surface area contributed by atoms with Crippen LogP contribution in [0.1, 0.15) is 31.7 Å². The zero-order valence-electron chi connectivity index (χ0n) is 15.0. The van der Waals surface area contributed by atoms with Gasteiger partial charge in [0.2, 0.25) is 0 Å². The Morgan fingerprint density at radius 3 is 2.58 bits per heavy atom. The Bertz CT molecular complexity index is 888. The predicted octanol–water partition coefficient (Wildman–Crippen LogP) is 1.71. The maximum atomic E-state index is 12.4. The largest absolute Gasteiger partial charge is 0.326 e. The normalized spacial score (nSPS) is 22.7.